The van der Waals surface area contributed by atoms with Crippen molar-refractivity contribution in [3.8, 4) is 11.4 Å². The fourth-order valence-corrected chi connectivity index (χ4v) is 5.68. The number of anilines is 1. The van der Waals surface area contributed by atoms with Crippen molar-refractivity contribution in [2.75, 3.05) is 5.32 Å². The van der Waals surface area contributed by atoms with Crippen LogP contribution in [0.25, 0.3) is 22.4 Å². The first kappa shape index (κ1) is 22.7. The van der Waals surface area contributed by atoms with E-state index >= 15 is 0 Å². The van der Waals surface area contributed by atoms with Crippen LogP contribution < -0.4 is 10.9 Å². The summed E-state index contributed by atoms with van der Waals surface area (Å²) < 4.78 is 7.60. The maximum Gasteiger partial charge on any atom is 0.336 e. The summed E-state index contributed by atoms with van der Waals surface area (Å²) in [7, 11) is 0. The highest BCUT2D eigenvalue weighted by Crippen LogP contribution is 2.39. The van der Waals surface area contributed by atoms with Gasteiger partial charge in [0, 0.05) is 47.5 Å². The number of benzene rings is 2. The number of carbonyl (C=O) groups is 1. The molecule has 0 unspecified atom stereocenters. The molecule has 0 aliphatic heterocycles. The van der Waals surface area contributed by atoms with Gasteiger partial charge < -0.3 is 9.73 Å². The molecule has 1 aliphatic rings. The van der Waals surface area contributed by atoms with Crippen LogP contribution in [0, 0.1) is 0 Å². The lowest BCUT2D eigenvalue weighted by Crippen LogP contribution is -2.09. The van der Waals surface area contributed by atoms with E-state index in [2.05, 4.69) is 20.1 Å². The molecule has 1 aliphatic carbocycles. The van der Waals surface area contributed by atoms with E-state index in [9.17, 15) is 9.59 Å². The largest absolute Gasteiger partial charge is 0.423 e. The first-order valence-corrected chi connectivity index (χ1v) is 12.5. The number of nitrogens with zero attached hydrogens (tertiary/aromatic N) is 3. The van der Waals surface area contributed by atoms with Gasteiger partial charge in [-0.25, -0.2) is 4.79 Å². The van der Waals surface area contributed by atoms with E-state index in [0.717, 1.165) is 40.3 Å². The monoisotopic (exact) mass is 494 g/mol. The number of aromatic nitrogens is 3. The molecule has 9 heteroatoms. The molecule has 1 N–H and O–H groups in total. The summed E-state index contributed by atoms with van der Waals surface area (Å²) in [5.41, 5.74) is 2.29. The van der Waals surface area contributed by atoms with E-state index in [1.165, 1.54) is 25.8 Å². The van der Waals surface area contributed by atoms with Gasteiger partial charge in [0.2, 0.25) is 5.91 Å². The summed E-state index contributed by atoms with van der Waals surface area (Å²) in [5, 5.41) is 14.0. The Bertz CT molecular complexity index is 1430. The Kier molecular flexibility index (Phi) is 6.43. The standard InChI is InChI=1S/C25H23ClN4O3S/c1-15(31)27-17-10-11-19-16(12-23(32)33-22(19)13-17)14-34-25-29-28-24(20-8-4-5-9-21(20)26)30(25)18-6-2-3-7-18/h4-5,8-13,18H,2-3,6-7,14H2,1H3,(H,27,31). The molecule has 0 atom stereocenters. The van der Waals surface area contributed by atoms with Gasteiger partial charge in [-0.2, -0.15) is 0 Å². The fourth-order valence-electron chi connectivity index (χ4n) is 4.47. The molecule has 2 heterocycles. The smallest absolute Gasteiger partial charge is 0.336 e. The van der Waals surface area contributed by atoms with Crippen LogP contribution in [0.3, 0.4) is 0 Å². The minimum absolute atomic E-state index is 0.186. The maximum atomic E-state index is 12.2. The van der Waals surface area contributed by atoms with E-state index in [-0.39, 0.29) is 5.91 Å². The van der Waals surface area contributed by atoms with Crippen LogP contribution >= 0.6 is 23.4 Å². The van der Waals surface area contributed by atoms with Gasteiger partial charge >= 0.3 is 5.63 Å². The molecular weight excluding hydrogens is 472 g/mol. The summed E-state index contributed by atoms with van der Waals surface area (Å²) >= 11 is 8.03. The third-order valence-corrected chi connectivity index (χ3v) is 7.30. The van der Waals surface area contributed by atoms with Crippen LogP contribution in [-0.2, 0) is 10.5 Å². The predicted molar refractivity (Wildman–Crippen MR) is 134 cm³/mol. The third kappa shape index (κ3) is 4.60. The summed E-state index contributed by atoms with van der Waals surface area (Å²) in [6, 6.07) is 14.8. The van der Waals surface area contributed by atoms with Gasteiger partial charge in [0.05, 0.1) is 5.02 Å². The van der Waals surface area contributed by atoms with Crippen molar-refractivity contribution in [1.29, 1.82) is 0 Å². The topological polar surface area (TPSA) is 90.0 Å². The van der Waals surface area contributed by atoms with Gasteiger partial charge in [0.1, 0.15) is 5.58 Å². The molecule has 1 amide bonds. The zero-order valence-corrected chi connectivity index (χ0v) is 20.2. The Hall–Kier alpha value is -3.10. The molecule has 1 fully saturated rings. The second-order valence-electron chi connectivity index (χ2n) is 8.37. The van der Waals surface area contributed by atoms with Crippen LogP contribution in [-0.4, -0.2) is 20.7 Å². The average molecular weight is 495 g/mol. The van der Waals surface area contributed by atoms with E-state index in [0.29, 0.717) is 28.1 Å². The predicted octanol–water partition coefficient (Wildman–Crippen LogP) is 6.07. The van der Waals surface area contributed by atoms with E-state index < -0.39 is 5.63 Å². The van der Waals surface area contributed by atoms with Crippen LogP contribution in [0.4, 0.5) is 5.69 Å². The fraction of sp³-hybridized carbons (Fsp3) is 0.280. The Balaban J connectivity index is 1.49. The van der Waals surface area contributed by atoms with Crippen LogP contribution in [0.5, 0.6) is 0 Å². The molecule has 174 valence electrons. The number of hydrogen-bond donors (Lipinski definition) is 1. The molecule has 0 radical (unpaired) electrons. The number of nitrogens with one attached hydrogen (secondary N) is 1. The number of halogens is 1. The molecule has 7 nitrogen and oxygen atoms in total. The van der Waals surface area contributed by atoms with Crippen molar-refractivity contribution in [3.63, 3.8) is 0 Å². The van der Waals surface area contributed by atoms with Crippen molar-refractivity contribution in [2.24, 2.45) is 0 Å². The molecule has 1 saturated carbocycles. The molecule has 0 saturated heterocycles. The number of hydrogen-bond acceptors (Lipinski definition) is 6. The SMILES string of the molecule is CC(=O)Nc1ccc2c(CSc3nnc(-c4ccccc4Cl)n3C3CCCC3)cc(=O)oc2c1. The number of amides is 1. The minimum Gasteiger partial charge on any atom is -0.423 e. The van der Waals surface area contributed by atoms with Crippen molar-refractivity contribution in [1.82, 2.24) is 14.8 Å². The van der Waals surface area contributed by atoms with Gasteiger partial charge in [-0.15, -0.1) is 10.2 Å². The van der Waals surface area contributed by atoms with Crippen LogP contribution in [0.1, 0.15) is 44.2 Å². The highest BCUT2D eigenvalue weighted by molar-refractivity contribution is 7.98. The Morgan fingerprint density at radius 1 is 1.18 bits per heavy atom. The highest BCUT2D eigenvalue weighted by atomic mass is 35.5. The normalized spacial score (nSPS) is 14.1. The first-order valence-electron chi connectivity index (χ1n) is 11.2. The van der Waals surface area contributed by atoms with Gasteiger partial charge in [0.25, 0.3) is 0 Å². The quantitative estimate of drug-likeness (QED) is 0.258. The molecule has 2 aromatic carbocycles. The zero-order chi connectivity index (χ0) is 23.7. The number of rotatable bonds is 6. The number of carbonyl (C=O) groups excluding carboxylic acids is 1. The lowest BCUT2D eigenvalue weighted by atomic mass is 10.1. The molecule has 4 aromatic rings. The van der Waals surface area contributed by atoms with Crippen molar-refractivity contribution >= 4 is 45.9 Å². The second kappa shape index (κ2) is 9.64. The number of thioether (sulfide) groups is 1. The molecule has 34 heavy (non-hydrogen) atoms. The van der Waals surface area contributed by atoms with Gasteiger partial charge in [0.15, 0.2) is 11.0 Å². The van der Waals surface area contributed by atoms with Crippen LogP contribution in [0.2, 0.25) is 5.02 Å². The molecule has 0 bridgehead atoms. The summed E-state index contributed by atoms with van der Waals surface area (Å²) in [6.45, 7) is 1.44. The third-order valence-electron chi connectivity index (χ3n) is 5.98. The maximum absolute atomic E-state index is 12.2. The zero-order valence-electron chi connectivity index (χ0n) is 18.6. The first-order chi connectivity index (χ1) is 16.5. The van der Waals surface area contributed by atoms with E-state index in [1.807, 2.05) is 30.3 Å². The molecule has 5 rings (SSSR count). The van der Waals surface area contributed by atoms with Crippen molar-refractivity contribution in [3.05, 3.63) is 69.5 Å². The second-order valence-corrected chi connectivity index (χ2v) is 9.72. The summed E-state index contributed by atoms with van der Waals surface area (Å²) in [4.78, 5) is 23.6. The van der Waals surface area contributed by atoms with Gasteiger partial charge in [-0.1, -0.05) is 48.3 Å². The van der Waals surface area contributed by atoms with Gasteiger partial charge in [-0.3, -0.25) is 9.36 Å². The Labute approximate surface area is 205 Å². The van der Waals surface area contributed by atoms with E-state index in [1.54, 1.807) is 23.9 Å². The number of fused-ring (bicyclic) bond motifs is 1. The minimum atomic E-state index is -0.433. The van der Waals surface area contributed by atoms with Crippen LogP contribution in [0.15, 0.2) is 62.9 Å². The van der Waals surface area contributed by atoms with Crippen molar-refractivity contribution < 1.29 is 9.21 Å². The average Bonchev–Trinajstić information content (AvgIpc) is 3.47. The lowest BCUT2D eigenvalue weighted by molar-refractivity contribution is -0.114. The summed E-state index contributed by atoms with van der Waals surface area (Å²) in [5.74, 6) is 1.11. The lowest BCUT2D eigenvalue weighted by Gasteiger charge is -2.17. The summed E-state index contributed by atoms with van der Waals surface area (Å²) in [6.07, 6.45) is 4.51. The van der Waals surface area contributed by atoms with E-state index in [4.69, 9.17) is 16.0 Å². The Morgan fingerprint density at radius 3 is 2.74 bits per heavy atom. The molecule has 0 spiro atoms. The van der Waals surface area contributed by atoms with Crippen molar-refractivity contribution in [2.45, 2.75) is 49.6 Å². The Morgan fingerprint density at radius 2 is 1.97 bits per heavy atom. The molecular formula is C25H23ClN4O3S. The molecule has 2 aromatic heterocycles. The van der Waals surface area contributed by atoms with Gasteiger partial charge in [-0.05, 0) is 42.7 Å². The highest BCUT2D eigenvalue weighted by Gasteiger charge is 2.26.